The standard InChI is InChI=1S/C10H12ClNO2S/c1-8-6-9-4-2-3-5-10(9)12(7-8)15(11,13)14/h2-5,8H,6-7H2,1H3. The maximum absolute atomic E-state index is 11.4. The minimum Gasteiger partial charge on any atom is -0.257 e. The van der Waals surface area contributed by atoms with Crippen LogP contribution in [0.15, 0.2) is 24.3 Å². The predicted molar refractivity (Wildman–Crippen MR) is 61.4 cm³/mol. The van der Waals surface area contributed by atoms with E-state index in [0.29, 0.717) is 18.2 Å². The van der Waals surface area contributed by atoms with Gasteiger partial charge >= 0.3 is 9.24 Å². The average Bonchev–Trinajstić information content (AvgIpc) is 2.15. The fourth-order valence-electron chi connectivity index (χ4n) is 1.95. The molecule has 2 rings (SSSR count). The van der Waals surface area contributed by atoms with E-state index in [0.717, 1.165) is 12.0 Å². The van der Waals surface area contributed by atoms with Gasteiger partial charge in [-0.05, 0) is 24.0 Å². The van der Waals surface area contributed by atoms with Gasteiger partial charge in [0.05, 0.1) is 5.69 Å². The predicted octanol–water partition coefficient (Wildman–Crippen LogP) is 2.17. The van der Waals surface area contributed by atoms with Crippen molar-refractivity contribution in [3.8, 4) is 0 Å². The van der Waals surface area contributed by atoms with E-state index in [1.54, 1.807) is 6.07 Å². The SMILES string of the molecule is CC1Cc2ccccc2N(S(=O)(=O)Cl)C1. The Kier molecular flexibility index (Phi) is 2.64. The van der Waals surface area contributed by atoms with E-state index in [1.165, 1.54) is 4.31 Å². The number of halogens is 1. The van der Waals surface area contributed by atoms with E-state index in [4.69, 9.17) is 10.7 Å². The van der Waals surface area contributed by atoms with Crippen LogP contribution >= 0.6 is 10.7 Å². The van der Waals surface area contributed by atoms with Gasteiger partial charge in [0.15, 0.2) is 0 Å². The normalized spacial score (nSPS) is 21.2. The highest BCUT2D eigenvalue weighted by atomic mass is 35.7. The maximum Gasteiger partial charge on any atom is 0.321 e. The van der Waals surface area contributed by atoms with Crippen molar-refractivity contribution in [2.24, 2.45) is 5.92 Å². The maximum atomic E-state index is 11.4. The summed E-state index contributed by atoms with van der Waals surface area (Å²) in [6, 6.07) is 7.47. The Bertz CT molecular complexity index is 472. The third kappa shape index (κ3) is 2.11. The molecule has 0 saturated carbocycles. The summed E-state index contributed by atoms with van der Waals surface area (Å²) < 4.78 is 24.0. The number of benzene rings is 1. The fourth-order valence-corrected chi connectivity index (χ4v) is 3.19. The van der Waals surface area contributed by atoms with Crippen molar-refractivity contribution in [3.63, 3.8) is 0 Å². The zero-order valence-electron chi connectivity index (χ0n) is 8.35. The highest BCUT2D eigenvalue weighted by molar-refractivity contribution is 8.14. The Hall–Kier alpha value is -0.740. The van der Waals surface area contributed by atoms with Crippen LogP contribution in [0.4, 0.5) is 5.69 Å². The summed E-state index contributed by atoms with van der Waals surface area (Å²) in [7, 11) is 1.74. The van der Waals surface area contributed by atoms with Crippen molar-refractivity contribution in [3.05, 3.63) is 29.8 Å². The van der Waals surface area contributed by atoms with Gasteiger partial charge in [0.2, 0.25) is 0 Å². The van der Waals surface area contributed by atoms with Gasteiger partial charge in [0.25, 0.3) is 0 Å². The minimum absolute atomic E-state index is 0.299. The molecule has 1 aromatic rings. The van der Waals surface area contributed by atoms with E-state index >= 15 is 0 Å². The molecule has 0 amide bonds. The number of rotatable bonds is 1. The van der Waals surface area contributed by atoms with Gasteiger partial charge in [-0.2, -0.15) is 8.42 Å². The fraction of sp³-hybridized carbons (Fsp3) is 0.400. The summed E-state index contributed by atoms with van der Waals surface area (Å²) in [4.78, 5) is 0. The summed E-state index contributed by atoms with van der Waals surface area (Å²) >= 11 is 0. The molecule has 0 N–H and O–H groups in total. The van der Waals surface area contributed by atoms with Gasteiger partial charge in [-0.15, -0.1) is 0 Å². The van der Waals surface area contributed by atoms with Crippen LogP contribution in [0, 0.1) is 5.92 Å². The lowest BCUT2D eigenvalue weighted by molar-refractivity contribution is 0.552. The molecule has 1 aliphatic heterocycles. The number of para-hydroxylation sites is 1. The van der Waals surface area contributed by atoms with Gasteiger partial charge in [-0.3, -0.25) is 4.31 Å². The first-order valence-electron chi connectivity index (χ1n) is 4.78. The molecule has 0 aromatic heterocycles. The topological polar surface area (TPSA) is 37.4 Å². The first-order chi connectivity index (χ1) is 6.98. The average molecular weight is 246 g/mol. The Labute approximate surface area is 94.2 Å². The third-order valence-corrected chi connectivity index (χ3v) is 3.94. The number of anilines is 1. The molecule has 1 heterocycles. The van der Waals surface area contributed by atoms with Gasteiger partial charge in [-0.1, -0.05) is 25.1 Å². The molecule has 0 bridgehead atoms. The van der Waals surface area contributed by atoms with Crippen LogP contribution in [0.1, 0.15) is 12.5 Å². The molecule has 1 unspecified atom stereocenters. The van der Waals surface area contributed by atoms with Gasteiger partial charge in [0.1, 0.15) is 0 Å². The Balaban J connectivity index is 2.52. The zero-order valence-corrected chi connectivity index (χ0v) is 9.92. The molecule has 1 atom stereocenters. The number of hydrogen-bond acceptors (Lipinski definition) is 2. The molecule has 0 aliphatic carbocycles. The van der Waals surface area contributed by atoms with E-state index in [9.17, 15) is 8.42 Å². The first-order valence-corrected chi connectivity index (χ1v) is 7.05. The monoisotopic (exact) mass is 245 g/mol. The molecule has 0 saturated heterocycles. The molecule has 0 spiro atoms. The second-order valence-electron chi connectivity index (χ2n) is 3.91. The highest BCUT2D eigenvalue weighted by Gasteiger charge is 2.28. The van der Waals surface area contributed by atoms with Crippen LogP contribution in [-0.2, 0) is 15.7 Å². The van der Waals surface area contributed by atoms with Crippen molar-refractivity contribution in [2.45, 2.75) is 13.3 Å². The van der Waals surface area contributed by atoms with Crippen molar-refractivity contribution in [1.29, 1.82) is 0 Å². The molecular formula is C10H12ClNO2S. The lowest BCUT2D eigenvalue weighted by atomic mass is 9.96. The van der Waals surface area contributed by atoms with Crippen molar-refractivity contribution < 1.29 is 8.42 Å². The van der Waals surface area contributed by atoms with Gasteiger partial charge < -0.3 is 0 Å². The van der Waals surface area contributed by atoms with Gasteiger partial charge in [-0.25, -0.2) is 0 Å². The molecule has 1 aliphatic rings. The molecule has 82 valence electrons. The van der Waals surface area contributed by atoms with Crippen LogP contribution < -0.4 is 4.31 Å². The molecule has 3 nitrogen and oxygen atoms in total. The first kappa shape index (κ1) is 10.8. The molecule has 5 heteroatoms. The van der Waals surface area contributed by atoms with Crippen molar-refractivity contribution in [2.75, 3.05) is 10.8 Å². The zero-order chi connectivity index (χ0) is 11.1. The van der Waals surface area contributed by atoms with Crippen LogP contribution in [0.3, 0.4) is 0 Å². The second-order valence-corrected chi connectivity index (χ2v) is 6.35. The molecule has 0 fully saturated rings. The highest BCUT2D eigenvalue weighted by Crippen LogP contribution is 2.32. The molecule has 15 heavy (non-hydrogen) atoms. The Morgan fingerprint density at radius 2 is 2.07 bits per heavy atom. The summed E-state index contributed by atoms with van der Waals surface area (Å²) in [6.07, 6.45) is 0.902. The van der Waals surface area contributed by atoms with E-state index in [-0.39, 0.29) is 0 Å². The second kappa shape index (κ2) is 3.68. The Morgan fingerprint density at radius 1 is 1.40 bits per heavy atom. The summed E-state index contributed by atoms with van der Waals surface area (Å²) in [5.41, 5.74) is 1.76. The molecular weight excluding hydrogens is 234 g/mol. The summed E-state index contributed by atoms with van der Waals surface area (Å²) in [6.45, 7) is 2.48. The molecule has 0 radical (unpaired) electrons. The third-order valence-electron chi connectivity index (χ3n) is 2.57. The Morgan fingerprint density at radius 3 is 2.73 bits per heavy atom. The van der Waals surface area contributed by atoms with E-state index in [1.807, 2.05) is 25.1 Å². The van der Waals surface area contributed by atoms with Crippen LogP contribution in [0.5, 0.6) is 0 Å². The summed E-state index contributed by atoms with van der Waals surface area (Å²) in [5.74, 6) is 0.299. The van der Waals surface area contributed by atoms with Gasteiger partial charge in [0, 0.05) is 17.2 Å². The summed E-state index contributed by atoms with van der Waals surface area (Å²) in [5, 5.41) is 0. The van der Waals surface area contributed by atoms with E-state index < -0.39 is 9.24 Å². The number of fused-ring (bicyclic) bond motifs is 1. The lowest BCUT2D eigenvalue weighted by Crippen LogP contribution is -2.36. The largest absolute Gasteiger partial charge is 0.321 e. The van der Waals surface area contributed by atoms with Crippen molar-refractivity contribution in [1.82, 2.24) is 0 Å². The number of hydrogen-bond donors (Lipinski definition) is 0. The van der Waals surface area contributed by atoms with Crippen LogP contribution in [-0.4, -0.2) is 15.0 Å². The number of nitrogens with zero attached hydrogens (tertiary/aromatic N) is 1. The quantitative estimate of drug-likeness (QED) is 0.711. The van der Waals surface area contributed by atoms with Crippen molar-refractivity contribution >= 4 is 25.6 Å². The van der Waals surface area contributed by atoms with E-state index in [2.05, 4.69) is 0 Å². The van der Waals surface area contributed by atoms with Crippen LogP contribution in [0.2, 0.25) is 0 Å². The smallest absolute Gasteiger partial charge is 0.257 e. The molecule has 1 aromatic carbocycles. The lowest BCUT2D eigenvalue weighted by Gasteiger charge is -2.31. The minimum atomic E-state index is -3.67. The van der Waals surface area contributed by atoms with Crippen LogP contribution in [0.25, 0.3) is 0 Å².